The van der Waals surface area contributed by atoms with Crippen LogP contribution in [0, 0.1) is 0 Å². The minimum absolute atomic E-state index is 0.971. The number of unbranched alkanes of at least 4 members (excludes halogenated alkanes) is 3. The molecule has 0 aliphatic heterocycles. The molecule has 0 fully saturated rings. The van der Waals surface area contributed by atoms with E-state index in [1.54, 1.807) is 0 Å². The van der Waals surface area contributed by atoms with E-state index in [0.29, 0.717) is 0 Å². The van der Waals surface area contributed by atoms with E-state index in [1.165, 1.54) is 6.26 Å². The minimum atomic E-state index is -3.40. The SMILES string of the molecule is CCCCP(CCC)(CCCC)(CCCC)OS(C)(=O)=O. The third-order valence-electron chi connectivity index (χ3n) is 4.37. The molecule has 5 heteroatoms. The van der Waals surface area contributed by atoms with Crippen molar-refractivity contribution in [1.29, 1.82) is 0 Å². The summed E-state index contributed by atoms with van der Waals surface area (Å²) in [5, 5.41) is 0. The first-order valence-electron chi connectivity index (χ1n) is 8.68. The Morgan fingerprint density at radius 1 is 0.714 bits per heavy atom. The van der Waals surface area contributed by atoms with Gasteiger partial charge in [-0.3, -0.25) is 0 Å². The van der Waals surface area contributed by atoms with Crippen molar-refractivity contribution >= 4 is 16.9 Å². The number of hydrogen-bond donors (Lipinski definition) is 0. The fraction of sp³-hybridized carbons (Fsp3) is 1.00. The first-order chi connectivity index (χ1) is 9.76. The molecule has 0 aliphatic carbocycles. The van der Waals surface area contributed by atoms with Crippen molar-refractivity contribution in [2.75, 3.05) is 30.9 Å². The summed E-state index contributed by atoms with van der Waals surface area (Å²) >= 11 is 0. The van der Waals surface area contributed by atoms with Gasteiger partial charge in [0.1, 0.15) is 0 Å². The molecule has 0 saturated carbocycles. The molecule has 0 saturated heterocycles. The Bertz CT molecular complexity index is 354. The van der Waals surface area contributed by atoms with E-state index in [2.05, 4.69) is 27.7 Å². The zero-order valence-electron chi connectivity index (χ0n) is 14.9. The molecule has 0 amide bonds. The number of hydrogen-bond acceptors (Lipinski definition) is 3. The van der Waals surface area contributed by atoms with Gasteiger partial charge in [0, 0.05) is 0 Å². The molecule has 0 aromatic carbocycles. The Morgan fingerprint density at radius 2 is 1.10 bits per heavy atom. The maximum absolute atomic E-state index is 12.0. The van der Waals surface area contributed by atoms with Crippen molar-refractivity contribution in [2.24, 2.45) is 0 Å². The van der Waals surface area contributed by atoms with Crippen molar-refractivity contribution in [3.8, 4) is 0 Å². The Morgan fingerprint density at radius 3 is 1.33 bits per heavy atom. The van der Waals surface area contributed by atoms with Gasteiger partial charge < -0.3 is 0 Å². The zero-order chi connectivity index (χ0) is 16.4. The Balaban J connectivity index is 5.70. The monoisotopic (exact) mass is 340 g/mol. The van der Waals surface area contributed by atoms with Crippen molar-refractivity contribution in [2.45, 2.75) is 72.6 Å². The van der Waals surface area contributed by atoms with Gasteiger partial charge in [-0.05, 0) is 0 Å². The molecule has 0 atom stereocenters. The van der Waals surface area contributed by atoms with Gasteiger partial charge >= 0.3 is 133 Å². The van der Waals surface area contributed by atoms with E-state index in [9.17, 15) is 8.42 Å². The van der Waals surface area contributed by atoms with E-state index in [4.69, 9.17) is 3.97 Å². The van der Waals surface area contributed by atoms with Crippen molar-refractivity contribution < 1.29 is 12.4 Å². The van der Waals surface area contributed by atoms with Gasteiger partial charge in [-0.1, -0.05) is 0 Å². The summed E-state index contributed by atoms with van der Waals surface area (Å²) in [6.07, 6.45) is 12.8. The summed E-state index contributed by atoms with van der Waals surface area (Å²) in [6, 6.07) is 0. The van der Waals surface area contributed by atoms with E-state index >= 15 is 0 Å². The summed E-state index contributed by atoms with van der Waals surface area (Å²) in [5.74, 6) is 0. The topological polar surface area (TPSA) is 43.4 Å². The molecule has 0 rings (SSSR count). The van der Waals surface area contributed by atoms with Gasteiger partial charge in [-0.15, -0.1) is 0 Å². The maximum atomic E-state index is 12.0. The Hall–Kier alpha value is 0.340. The summed E-state index contributed by atoms with van der Waals surface area (Å²) < 4.78 is 30.1. The second kappa shape index (κ2) is 9.47. The molecular formula is C16H37O3PS. The summed E-state index contributed by atoms with van der Waals surface area (Å²) in [6.45, 7) is 6.08. The first-order valence-corrected chi connectivity index (χ1v) is 13.4. The standard InChI is InChI=1S/C16H37O3PS/c1-6-10-14-20(13-9-4,15-11-7-2,16-12-8-3)19-21(5,17)18/h6-16H2,1-5H3. The quantitative estimate of drug-likeness (QED) is 0.431. The second-order valence-electron chi connectivity index (χ2n) is 6.59. The third-order valence-corrected chi connectivity index (χ3v) is 13.1. The van der Waals surface area contributed by atoms with Gasteiger partial charge in [0.2, 0.25) is 0 Å². The summed E-state index contributed by atoms with van der Waals surface area (Å²) in [4.78, 5) is 0. The van der Waals surface area contributed by atoms with Gasteiger partial charge in [0.15, 0.2) is 0 Å². The summed E-state index contributed by atoms with van der Waals surface area (Å²) in [5.41, 5.74) is 0. The van der Waals surface area contributed by atoms with Crippen molar-refractivity contribution in [3.63, 3.8) is 0 Å². The van der Waals surface area contributed by atoms with E-state index in [0.717, 1.165) is 69.6 Å². The van der Waals surface area contributed by atoms with Crippen LogP contribution in [0.4, 0.5) is 0 Å². The van der Waals surface area contributed by atoms with Gasteiger partial charge in [0.25, 0.3) is 0 Å². The van der Waals surface area contributed by atoms with E-state index < -0.39 is 16.9 Å². The van der Waals surface area contributed by atoms with Crippen LogP contribution in [-0.4, -0.2) is 39.3 Å². The molecule has 0 unspecified atom stereocenters. The Labute approximate surface area is 133 Å². The average Bonchev–Trinajstić information content (AvgIpc) is 2.40. The van der Waals surface area contributed by atoms with Crippen LogP contribution in [0.5, 0.6) is 0 Å². The van der Waals surface area contributed by atoms with Crippen molar-refractivity contribution in [3.05, 3.63) is 0 Å². The number of rotatable bonds is 13. The normalized spacial score (nSPS) is 14.8. The molecule has 0 radical (unpaired) electrons. The molecule has 0 spiro atoms. The van der Waals surface area contributed by atoms with Crippen LogP contribution in [-0.2, 0) is 14.1 Å². The molecule has 0 aromatic heterocycles. The van der Waals surface area contributed by atoms with Gasteiger partial charge in [-0.25, -0.2) is 0 Å². The van der Waals surface area contributed by atoms with Crippen LogP contribution in [0.3, 0.4) is 0 Å². The summed E-state index contributed by atoms with van der Waals surface area (Å²) in [7, 11) is -3.40. The first kappa shape index (κ1) is 21.3. The van der Waals surface area contributed by atoms with E-state index in [-0.39, 0.29) is 0 Å². The average molecular weight is 341 g/mol. The predicted octanol–water partition coefficient (Wildman–Crippen LogP) is 5.24. The predicted molar refractivity (Wildman–Crippen MR) is 97.3 cm³/mol. The Kier molecular flexibility index (Phi) is 9.63. The van der Waals surface area contributed by atoms with Gasteiger partial charge in [0.05, 0.1) is 0 Å². The molecule has 0 aromatic rings. The van der Waals surface area contributed by atoms with Crippen LogP contribution in [0.2, 0.25) is 0 Å². The molecular weight excluding hydrogens is 303 g/mol. The van der Waals surface area contributed by atoms with E-state index in [1.807, 2.05) is 0 Å². The van der Waals surface area contributed by atoms with Crippen LogP contribution < -0.4 is 0 Å². The fourth-order valence-corrected chi connectivity index (χ4v) is 13.5. The van der Waals surface area contributed by atoms with Crippen LogP contribution in [0.1, 0.15) is 72.6 Å². The molecule has 130 valence electrons. The van der Waals surface area contributed by atoms with Crippen molar-refractivity contribution in [1.82, 2.24) is 0 Å². The second-order valence-corrected chi connectivity index (χ2v) is 14.1. The molecule has 0 N–H and O–H groups in total. The van der Waals surface area contributed by atoms with Crippen LogP contribution in [0.15, 0.2) is 0 Å². The van der Waals surface area contributed by atoms with Gasteiger partial charge in [-0.2, -0.15) is 0 Å². The molecule has 21 heavy (non-hydrogen) atoms. The third kappa shape index (κ3) is 7.43. The van der Waals surface area contributed by atoms with Crippen LogP contribution >= 0.6 is 6.83 Å². The van der Waals surface area contributed by atoms with Crippen LogP contribution in [0.25, 0.3) is 0 Å². The fourth-order valence-electron chi connectivity index (χ4n) is 3.44. The zero-order valence-corrected chi connectivity index (χ0v) is 16.6. The molecule has 0 bridgehead atoms. The molecule has 0 aliphatic rings. The molecule has 0 heterocycles. The molecule has 3 nitrogen and oxygen atoms in total.